The Hall–Kier alpha value is -1.55. The van der Waals surface area contributed by atoms with Crippen LogP contribution in [0.25, 0.3) is 0 Å². The van der Waals surface area contributed by atoms with Crippen molar-refractivity contribution in [2.24, 2.45) is 11.3 Å². The summed E-state index contributed by atoms with van der Waals surface area (Å²) in [5.74, 6) is 1.23. The van der Waals surface area contributed by atoms with Crippen molar-refractivity contribution in [2.45, 2.75) is 40.7 Å². The van der Waals surface area contributed by atoms with Crippen LogP contribution < -0.4 is 15.4 Å². The average molecular weight is 290 g/mol. The van der Waals surface area contributed by atoms with E-state index < -0.39 is 0 Å². The molecule has 2 rings (SSSR count). The third-order valence-electron chi connectivity index (χ3n) is 4.35. The van der Waals surface area contributed by atoms with Crippen LogP contribution in [0, 0.1) is 11.3 Å². The van der Waals surface area contributed by atoms with Gasteiger partial charge < -0.3 is 15.4 Å². The number of hydrogen-bond donors (Lipinski definition) is 2. The van der Waals surface area contributed by atoms with Gasteiger partial charge in [-0.1, -0.05) is 33.8 Å². The lowest BCUT2D eigenvalue weighted by Crippen LogP contribution is -2.31. The van der Waals surface area contributed by atoms with E-state index in [9.17, 15) is 4.79 Å². The van der Waals surface area contributed by atoms with Crippen LogP contribution in [-0.4, -0.2) is 19.1 Å². The van der Waals surface area contributed by atoms with Crippen LogP contribution in [0.15, 0.2) is 18.2 Å². The number of nitrogens with one attached hydrogen (secondary N) is 2. The van der Waals surface area contributed by atoms with Gasteiger partial charge in [0, 0.05) is 6.04 Å². The van der Waals surface area contributed by atoms with E-state index >= 15 is 0 Å². The summed E-state index contributed by atoms with van der Waals surface area (Å²) in [5, 5.41) is 6.42. The highest BCUT2D eigenvalue weighted by atomic mass is 16.5. The number of hydrogen-bond acceptors (Lipinski definition) is 3. The molecule has 1 aliphatic rings. The SMILES string of the molecule is CC(NCC(C)C(C)(C)C)c1ccc2c(c1)NC(=O)CO2. The van der Waals surface area contributed by atoms with E-state index in [1.807, 2.05) is 12.1 Å². The normalized spacial score (nSPS) is 17.5. The van der Waals surface area contributed by atoms with Crippen molar-refractivity contribution in [2.75, 3.05) is 18.5 Å². The first-order valence-electron chi connectivity index (χ1n) is 7.57. The largest absolute Gasteiger partial charge is 0.482 e. The van der Waals surface area contributed by atoms with Crippen molar-refractivity contribution in [3.05, 3.63) is 23.8 Å². The summed E-state index contributed by atoms with van der Waals surface area (Å²) in [6.45, 7) is 12.2. The molecule has 2 unspecified atom stereocenters. The first-order valence-corrected chi connectivity index (χ1v) is 7.57. The number of rotatable bonds is 4. The van der Waals surface area contributed by atoms with E-state index in [1.54, 1.807) is 0 Å². The number of fused-ring (bicyclic) bond motifs is 1. The number of anilines is 1. The van der Waals surface area contributed by atoms with E-state index in [0.717, 1.165) is 23.5 Å². The third kappa shape index (κ3) is 3.97. The van der Waals surface area contributed by atoms with E-state index in [-0.39, 0.29) is 18.6 Å². The van der Waals surface area contributed by atoms with Crippen molar-refractivity contribution in [3.8, 4) is 5.75 Å². The van der Waals surface area contributed by atoms with E-state index in [1.165, 1.54) is 0 Å². The lowest BCUT2D eigenvalue weighted by Gasteiger charge is -2.29. The van der Waals surface area contributed by atoms with Gasteiger partial charge in [0.25, 0.3) is 5.91 Å². The number of benzene rings is 1. The molecule has 0 fully saturated rings. The molecule has 0 saturated heterocycles. The van der Waals surface area contributed by atoms with E-state index in [0.29, 0.717) is 11.3 Å². The lowest BCUT2D eigenvalue weighted by atomic mass is 9.82. The molecule has 4 heteroatoms. The molecule has 0 aliphatic carbocycles. The fraction of sp³-hybridized carbons (Fsp3) is 0.588. The van der Waals surface area contributed by atoms with Gasteiger partial charge in [-0.2, -0.15) is 0 Å². The van der Waals surface area contributed by atoms with Crippen molar-refractivity contribution in [1.29, 1.82) is 0 Å². The summed E-state index contributed by atoms with van der Waals surface area (Å²) in [4.78, 5) is 11.4. The summed E-state index contributed by atoms with van der Waals surface area (Å²) in [5.41, 5.74) is 2.21. The highest BCUT2D eigenvalue weighted by Gasteiger charge is 2.21. The highest BCUT2D eigenvalue weighted by Crippen LogP contribution is 2.31. The van der Waals surface area contributed by atoms with Gasteiger partial charge in [0.1, 0.15) is 5.75 Å². The molecule has 116 valence electrons. The Morgan fingerprint density at radius 2 is 2.05 bits per heavy atom. The van der Waals surface area contributed by atoms with Gasteiger partial charge in [-0.25, -0.2) is 0 Å². The first kappa shape index (κ1) is 15.8. The summed E-state index contributed by atoms with van der Waals surface area (Å²) < 4.78 is 5.38. The maximum atomic E-state index is 11.4. The number of amides is 1. The molecule has 0 radical (unpaired) electrons. The Balaban J connectivity index is 2.01. The lowest BCUT2D eigenvalue weighted by molar-refractivity contribution is -0.118. The molecule has 1 aromatic rings. The maximum Gasteiger partial charge on any atom is 0.262 e. The van der Waals surface area contributed by atoms with Crippen LogP contribution in [-0.2, 0) is 4.79 Å². The van der Waals surface area contributed by atoms with Crippen LogP contribution in [0.4, 0.5) is 5.69 Å². The van der Waals surface area contributed by atoms with Gasteiger partial charge in [-0.05, 0) is 42.5 Å². The van der Waals surface area contributed by atoms with Gasteiger partial charge in [0.15, 0.2) is 6.61 Å². The molecule has 1 amide bonds. The van der Waals surface area contributed by atoms with Gasteiger partial charge in [0.2, 0.25) is 0 Å². The monoisotopic (exact) mass is 290 g/mol. The van der Waals surface area contributed by atoms with Crippen molar-refractivity contribution in [3.63, 3.8) is 0 Å². The Labute approximate surface area is 127 Å². The topological polar surface area (TPSA) is 50.4 Å². The zero-order chi connectivity index (χ0) is 15.6. The summed E-state index contributed by atoms with van der Waals surface area (Å²) >= 11 is 0. The molecule has 2 atom stereocenters. The molecular formula is C17H26N2O2. The van der Waals surface area contributed by atoms with E-state index in [4.69, 9.17) is 4.74 Å². The van der Waals surface area contributed by atoms with Crippen LogP contribution in [0.1, 0.15) is 46.2 Å². The van der Waals surface area contributed by atoms with Crippen molar-refractivity contribution >= 4 is 11.6 Å². The van der Waals surface area contributed by atoms with Crippen LogP contribution in [0.2, 0.25) is 0 Å². The zero-order valence-electron chi connectivity index (χ0n) is 13.6. The minimum atomic E-state index is -0.0957. The Bertz CT molecular complexity index is 520. The van der Waals surface area contributed by atoms with Crippen molar-refractivity contribution < 1.29 is 9.53 Å². The smallest absolute Gasteiger partial charge is 0.262 e. The second-order valence-corrected chi connectivity index (χ2v) is 6.99. The number of carbonyl (C=O) groups excluding carboxylic acids is 1. The number of carbonyl (C=O) groups is 1. The minimum Gasteiger partial charge on any atom is -0.482 e. The zero-order valence-corrected chi connectivity index (χ0v) is 13.6. The molecule has 21 heavy (non-hydrogen) atoms. The molecule has 4 nitrogen and oxygen atoms in total. The van der Waals surface area contributed by atoms with Crippen LogP contribution in [0.5, 0.6) is 5.75 Å². The predicted molar refractivity (Wildman–Crippen MR) is 85.6 cm³/mol. The fourth-order valence-electron chi connectivity index (χ4n) is 2.15. The Morgan fingerprint density at radius 3 is 2.71 bits per heavy atom. The molecule has 0 bridgehead atoms. The average Bonchev–Trinajstić information content (AvgIpc) is 2.42. The Morgan fingerprint density at radius 1 is 1.33 bits per heavy atom. The molecule has 1 aromatic carbocycles. The first-order chi connectivity index (χ1) is 9.77. The Kier molecular flexibility index (Phi) is 4.57. The molecular weight excluding hydrogens is 264 g/mol. The minimum absolute atomic E-state index is 0.0957. The van der Waals surface area contributed by atoms with Gasteiger partial charge in [-0.3, -0.25) is 4.79 Å². The standard InChI is InChI=1S/C17H26N2O2/c1-11(17(3,4)5)9-18-12(2)13-6-7-15-14(8-13)19-16(20)10-21-15/h6-8,11-12,18H,9-10H2,1-5H3,(H,19,20). The second-order valence-electron chi connectivity index (χ2n) is 6.99. The molecule has 1 aliphatic heterocycles. The molecule has 1 heterocycles. The second kappa shape index (κ2) is 6.06. The van der Waals surface area contributed by atoms with E-state index in [2.05, 4.69) is 51.3 Å². The van der Waals surface area contributed by atoms with Gasteiger partial charge >= 0.3 is 0 Å². The summed E-state index contributed by atoms with van der Waals surface area (Å²) in [6, 6.07) is 6.20. The highest BCUT2D eigenvalue weighted by molar-refractivity contribution is 5.95. The molecule has 0 saturated carbocycles. The summed E-state index contributed by atoms with van der Waals surface area (Å²) in [7, 11) is 0. The molecule has 0 spiro atoms. The number of ether oxygens (including phenoxy) is 1. The maximum absolute atomic E-state index is 11.4. The van der Waals surface area contributed by atoms with Gasteiger partial charge in [-0.15, -0.1) is 0 Å². The van der Waals surface area contributed by atoms with Gasteiger partial charge in [0.05, 0.1) is 5.69 Å². The molecule has 2 N–H and O–H groups in total. The fourth-order valence-corrected chi connectivity index (χ4v) is 2.15. The quantitative estimate of drug-likeness (QED) is 0.894. The van der Waals surface area contributed by atoms with Crippen molar-refractivity contribution in [1.82, 2.24) is 5.32 Å². The summed E-state index contributed by atoms with van der Waals surface area (Å²) in [6.07, 6.45) is 0. The van der Waals surface area contributed by atoms with Crippen LogP contribution >= 0.6 is 0 Å². The van der Waals surface area contributed by atoms with Crippen LogP contribution in [0.3, 0.4) is 0 Å². The third-order valence-corrected chi connectivity index (χ3v) is 4.35. The molecule has 0 aromatic heterocycles. The predicted octanol–water partition coefficient (Wildman–Crippen LogP) is 3.35.